The highest BCUT2D eigenvalue weighted by Gasteiger charge is 2.39. The van der Waals surface area contributed by atoms with E-state index in [9.17, 15) is 8.42 Å². The second-order valence-corrected chi connectivity index (χ2v) is 9.14. The molecule has 0 saturated carbocycles. The predicted octanol–water partition coefficient (Wildman–Crippen LogP) is 3.01. The zero-order chi connectivity index (χ0) is 15.0. The zero-order valence-corrected chi connectivity index (χ0v) is 14.5. The summed E-state index contributed by atoms with van der Waals surface area (Å²) in [5.41, 5.74) is 0. The van der Waals surface area contributed by atoms with Crippen LogP contribution in [0, 0.1) is 0 Å². The van der Waals surface area contributed by atoms with Gasteiger partial charge >= 0.3 is 0 Å². The zero-order valence-electron chi connectivity index (χ0n) is 10.6. The summed E-state index contributed by atoms with van der Waals surface area (Å²) < 4.78 is 33.1. The number of nitrogens with zero attached hydrogens (tertiary/aromatic N) is 2. The van der Waals surface area contributed by atoms with Crippen molar-refractivity contribution in [2.45, 2.75) is 10.3 Å². The summed E-state index contributed by atoms with van der Waals surface area (Å²) >= 11 is 10.2. The van der Waals surface area contributed by atoms with Crippen molar-refractivity contribution in [2.75, 3.05) is 13.1 Å². The quantitative estimate of drug-likeness (QED) is 0.779. The van der Waals surface area contributed by atoms with Crippen LogP contribution >= 0.6 is 38.9 Å². The number of thiophene rings is 1. The van der Waals surface area contributed by atoms with Crippen molar-refractivity contribution in [3.8, 4) is 5.88 Å². The molecular weight excluding hydrogens is 400 g/mol. The number of aromatic nitrogens is 1. The van der Waals surface area contributed by atoms with E-state index >= 15 is 0 Å². The monoisotopic (exact) mass is 408 g/mol. The van der Waals surface area contributed by atoms with E-state index in [1.807, 2.05) is 6.07 Å². The molecule has 21 heavy (non-hydrogen) atoms. The van der Waals surface area contributed by atoms with Crippen molar-refractivity contribution in [2.24, 2.45) is 0 Å². The molecule has 5 nitrogen and oxygen atoms in total. The van der Waals surface area contributed by atoms with E-state index in [-0.39, 0.29) is 10.3 Å². The Balaban J connectivity index is 1.65. The normalized spacial score (nSPS) is 16.7. The fraction of sp³-hybridized carbons (Fsp3) is 0.250. The highest BCUT2D eigenvalue weighted by atomic mass is 79.9. The van der Waals surface area contributed by atoms with Crippen LogP contribution in [0.15, 0.2) is 39.1 Å². The molecule has 3 rings (SSSR count). The summed E-state index contributed by atoms with van der Waals surface area (Å²) in [5, 5.41) is 0. The van der Waals surface area contributed by atoms with Crippen LogP contribution < -0.4 is 4.74 Å². The summed E-state index contributed by atoms with van der Waals surface area (Å²) in [5.74, 6) is 0.471. The molecule has 0 unspecified atom stereocenters. The molecule has 112 valence electrons. The van der Waals surface area contributed by atoms with Crippen LogP contribution in [0.25, 0.3) is 0 Å². The van der Waals surface area contributed by atoms with Crippen LogP contribution in [0.5, 0.6) is 5.88 Å². The second-order valence-electron chi connectivity index (χ2n) is 4.41. The van der Waals surface area contributed by atoms with Crippen molar-refractivity contribution in [1.82, 2.24) is 9.29 Å². The minimum absolute atomic E-state index is 0.193. The van der Waals surface area contributed by atoms with Gasteiger partial charge in [0, 0.05) is 6.20 Å². The molecule has 2 aromatic rings. The number of hydrogen-bond donors (Lipinski definition) is 0. The average Bonchev–Trinajstić information content (AvgIpc) is 2.82. The van der Waals surface area contributed by atoms with E-state index in [4.69, 9.17) is 16.3 Å². The number of ether oxygens (including phenoxy) is 1. The first kappa shape index (κ1) is 15.2. The molecule has 3 heterocycles. The van der Waals surface area contributed by atoms with Crippen molar-refractivity contribution in [3.05, 3.63) is 39.3 Å². The van der Waals surface area contributed by atoms with Gasteiger partial charge < -0.3 is 4.74 Å². The molecule has 0 amide bonds. The smallest absolute Gasteiger partial charge is 0.252 e. The van der Waals surface area contributed by atoms with Crippen LogP contribution in [0.2, 0.25) is 4.34 Å². The van der Waals surface area contributed by atoms with Gasteiger partial charge in [-0.1, -0.05) is 11.6 Å². The lowest BCUT2D eigenvalue weighted by Gasteiger charge is -2.37. The van der Waals surface area contributed by atoms with Gasteiger partial charge in [0.2, 0.25) is 5.88 Å². The first-order valence-electron chi connectivity index (χ1n) is 5.99. The van der Waals surface area contributed by atoms with Gasteiger partial charge in [0.05, 0.1) is 21.9 Å². The Bertz CT molecular complexity index is 759. The third kappa shape index (κ3) is 3.09. The minimum atomic E-state index is -3.46. The van der Waals surface area contributed by atoms with E-state index < -0.39 is 10.0 Å². The molecule has 1 aliphatic rings. The lowest BCUT2D eigenvalue weighted by molar-refractivity contribution is 0.0715. The highest BCUT2D eigenvalue weighted by molar-refractivity contribution is 9.10. The maximum atomic E-state index is 12.3. The third-order valence-corrected chi connectivity index (χ3v) is 7.09. The lowest BCUT2D eigenvalue weighted by atomic mass is 10.2. The summed E-state index contributed by atoms with van der Waals surface area (Å²) in [6.07, 6.45) is 1.43. The maximum Gasteiger partial charge on any atom is 0.252 e. The fourth-order valence-corrected chi connectivity index (χ4v) is 5.34. The minimum Gasteiger partial charge on any atom is -0.471 e. The number of pyridine rings is 1. The first-order valence-corrected chi connectivity index (χ1v) is 9.42. The number of rotatable bonds is 4. The summed E-state index contributed by atoms with van der Waals surface area (Å²) in [6.45, 7) is 0.613. The summed E-state index contributed by atoms with van der Waals surface area (Å²) in [7, 11) is -3.46. The van der Waals surface area contributed by atoms with Gasteiger partial charge in [-0.05, 0) is 40.2 Å². The molecule has 1 aliphatic heterocycles. The molecule has 2 aromatic heterocycles. The topological polar surface area (TPSA) is 59.5 Å². The second kappa shape index (κ2) is 5.85. The summed E-state index contributed by atoms with van der Waals surface area (Å²) in [6, 6.07) is 6.71. The van der Waals surface area contributed by atoms with Crippen LogP contribution in [0.3, 0.4) is 0 Å². The first-order chi connectivity index (χ1) is 9.96. The third-order valence-electron chi connectivity index (χ3n) is 2.96. The summed E-state index contributed by atoms with van der Waals surface area (Å²) in [4.78, 5) is 4.10. The lowest BCUT2D eigenvalue weighted by Crippen LogP contribution is -2.55. The van der Waals surface area contributed by atoms with Crippen molar-refractivity contribution >= 4 is 48.9 Å². The Labute approximate surface area is 139 Å². The number of sulfonamides is 1. The molecule has 0 radical (unpaired) electrons. The fourth-order valence-electron chi connectivity index (χ4n) is 1.85. The van der Waals surface area contributed by atoms with Gasteiger partial charge in [-0.15, -0.1) is 11.3 Å². The Morgan fingerprint density at radius 1 is 1.38 bits per heavy atom. The van der Waals surface area contributed by atoms with Crippen LogP contribution in [-0.4, -0.2) is 36.9 Å². The molecule has 0 aromatic carbocycles. The van der Waals surface area contributed by atoms with Crippen LogP contribution in [0.4, 0.5) is 0 Å². The van der Waals surface area contributed by atoms with Gasteiger partial charge in [-0.3, -0.25) is 0 Å². The van der Waals surface area contributed by atoms with E-state index in [2.05, 4.69) is 20.9 Å². The van der Waals surface area contributed by atoms with Crippen molar-refractivity contribution in [1.29, 1.82) is 0 Å². The molecule has 1 fully saturated rings. The van der Waals surface area contributed by atoms with E-state index in [1.165, 1.54) is 10.4 Å². The Kier molecular flexibility index (Phi) is 4.24. The van der Waals surface area contributed by atoms with Crippen LogP contribution in [-0.2, 0) is 10.0 Å². The van der Waals surface area contributed by atoms with Gasteiger partial charge in [0.15, 0.2) is 0 Å². The molecule has 9 heteroatoms. The highest BCUT2D eigenvalue weighted by Crippen LogP contribution is 2.31. The maximum absolute atomic E-state index is 12.3. The molecule has 0 atom stereocenters. The van der Waals surface area contributed by atoms with Crippen molar-refractivity contribution in [3.63, 3.8) is 0 Å². The predicted molar refractivity (Wildman–Crippen MR) is 84.4 cm³/mol. The van der Waals surface area contributed by atoms with E-state index in [0.29, 0.717) is 23.3 Å². The van der Waals surface area contributed by atoms with Gasteiger partial charge in [0.25, 0.3) is 10.0 Å². The molecule has 1 saturated heterocycles. The molecule has 0 bridgehead atoms. The van der Waals surface area contributed by atoms with E-state index in [1.54, 1.807) is 18.3 Å². The Morgan fingerprint density at radius 2 is 2.14 bits per heavy atom. The molecular formula is C12H10BrClN2O3S2. The van der Waals surface area contributed by atoms with Gasteiger partial charge in [-0.2, -0.15) is 4.31 Å². The van der Waals surface area contributed by atoms with E-state index in [0.717, 1.165) is 15.8 Å². The van der Waals surface area contributed by atoms with Crippen molar-refractivity contribution < 1.29 is 13.2 Å². The van der Waals surface area contributed by atoms with Gasteiger partial charge in [-0.25, -0.2) is 13.4 Å². The number of halogens is 2. The van der Waals surface area contributed by atoms with Gasteiger partial charge in [0.1, 0.15) is 10.3 Å². The Hall–Kier alpha value is -0.670. The largest absolute Gasteiger partial charge is 0.471 e. The SMILES string of the molecule is O=S(=O)(c1ccc(Cl)s1)N1CC(Oc2ncccc2Br)C1. The molecule has 0 aliphatic carbocycles. The number of hydrogen-bond acceptors (Lipinski definition) is 5. The Morgan fingerprint density at radius 3 is 2.76 bits per heavy atom. The van der Waals surface area contributed by atoms with Crippen LogP contribution in [0.1, 0.15) is 0 Å². The standard InChI is InChI=1S/C12H10BrClN2O3S2/c13-9-2-1-5-15-12(9)19-8-6-16(7-8)21(17,18)11-4-3-10(14)20-11/h1-5,8H,6-7H2. The molecule has 0 N–H and O–H groups in total. The average molecular weight is 410 g/mol. The molecule has 0 spiro atoms.